The largest absolute Gasteiger partial charge is 0.466 e. The van der Waals surface area contributed by atoms with Crippen molar-refractivity contribution in [3.05, 3.63) is 27.5 Å². The molecule has 1 atom stereocenters. The molecule has 2 rings (SSSR count). The standard InChI is InChI=1S/C19H25N3O4S/c1-4-25-18(23)14-7-6-8-21(11-14)12-22-13(3)16(19(24)26-5-2)9-15(10-20)17(22)27/h9,14H,4-8,11-12H2,1-3H3/t14-/m0/s1. The molecule has 0 N–H and O–H groups in total. The van der Waals surface area contributed by atoms with Gasteiger partial charge in [0.05, 0.1) is 36.9 Å². The highest BCUT2D eigenvalue weighted by molar-refractivity contribution is 7.71. The summed E-state index contributed by atoms with van der Waals surface area (Å²) in [4.78, 5) is 26.4. The molecule has 1 aliphatic heterocycles. The van der Waals surface area contributed by atoms with Crippen molar-refractivity contribution in [3.63, 3.8) is 0 Å². The van der Waals surface area contributed by atoms with Gasteiger partial charge in [-0.15, -0.1) is 0 Å². The minimum Gasteiger partial charge on any atom is -0.466 e. The van der Waals surface area contributed by atoms with Crippen molar-refractivity contribution < 1.29 is 19.1 Å². The Labute approximate surface area is 164 Å². The van der Waals surface area contributed by atoms with E-state index >= 15 is 0 Å². The van der Waals surface area contributed by atoms with Crippen molar-refractivity contribution in [1.82, 2.24) is 9.47 Å². The quantitative estimate of drug-likeness (QED) is 0.544. The first-order chi connectivity index (χ1) is 12.9. The van der Waals surface area contributed by atoms with Crippen molar-refractivity contribution in [2.45, 2.75) is 40.3 Å². The number of aromatic nitrogens is 1. The zero-order valence-corrected chi connectivity index (χ0v) is 16.8. The van der Waals surface area contributed by atoms with Crippen molar-refractivity contribution in [2.75, 3.05) is 26.3 Å². The molecular weight excluding hydrogens is 366 g/mol. The second-order valence-electron chi connectivity index (χ2n) is 6.43. The minimum absolute atomic E-state index is 0.170. The highest BCUT2D eigenvalue weighted by Crippen LogP contribution is 2.21. The summed E-state index contributed by atoms with van der Waals surface area (Å²) in [7, 11) is 0. The lowest BCUT2D eigenvalue weighted by atomic mass is 9.98. The van der Waals surface area contributed by atoms with Crippen molar-refractivity contribution >= 4 is 24.2 Å². The molecule has 8 heteroatoms. The van der Waals surface area contributed by atoms with E-state index in [1.807, 2.05) is 0 Å². The Morgan fingerprint density at radius 1 is 1.33 bits per heavy atom. The predicted octanol–water partition coefficient (Wildman–Crippen LogP) is 2.81. The maximum absolute atomic E-state index is 12.2. The van der Waals surface area contributed by atoms with E-state index in [-0.39, 0.29) is 24.1 Å². The molecule has 0 bridgehead atoms. The number of esters is 2. The van der Waals surface area contributed by atoms with Crippen LogP contribution < -0.4 is 0 Å². The third-order valence-electron chi connectivity index (χ3n) is 4.64. The number of nitriles is 1. The Hall–Kier alpha value is -2.24. The van der Waals surface area contributed by atoms with Crippen LogP contribution in [0.25, 0.3) is 0 Å². The van der Waals surface area contributed by atoms with Gasteiger partial charge in [0.25, 0.3) is 0 Å². The molecule has 0 unspecified atom stereocenters. The lowest BCUT2D eigenvalue weighted by molar-refractivity contribution is -0.150. The second-order valence-corrected chi connectivity index (χ2v) is 6.82. The van der Waals surface area contributed by atoms with Crippen molar-refractivity contribution in [3.8, 4) is 6.07 Å². The van der Waals surface area contributed by atoms with Crippen LogP contribution in [0, 0.1) is 28.8 Å². The van der Waals surface area contributed by atoms with Gasteiger partial charge in [-0.25, -0.2) is 4.79 Å². The molecule has 1 aromatic rings. The van der Waals surface area contributed by atoms with Gasteiger partial charge in [0, 0.05) is 12.2 Å². The number of rotatable bonds is 6. The summed E-state index contributed by atoms with van der Waals surface area (Å²) >= 11 is 5.45. The molecule has 0 aliphatic carbocycles. The summed E-state index contributed by atoms with van der Waals surface area (Å²) in [6.45, 7) is 7.71. The molecule has 0 saturated carbocycles. The lowest BCUT2D eigenvalue weighted by Gasteiger charge is -2.32. The maximum Gasteiger partial charge on any atom is 0.339 e. The van der Waals surface area contributed by atoms with Gasteiger partial charge in [0.2, 0.25) is 0 Å². The lowest BCUT2D eigenvalue weighted by Crippen LogP contribution is -2.40. The van der Waals surface area contributed by atoms with Gasteiger partial charge >= 0.3 is 11.9 Å². The number of hydrogen-bond donors (Lipinski definition) is 0. The van der Waals surface area contributed by atoms with Gasteiger partial charge in [0.1, 0.15) is 10.7 Å². The Morgan fingerprint density at radius 3 is 2.67 bits per heavy atom. The molecule has 0 amide bonds. The second kappa shape index (κ2) is 9.62. The topological polar surface area (TPSA) is 84.6 Å². The summed E-state index contributed by atoms with van der Waals surface area (Å²) < 4.78 is 12.4. The number of likely N-dealkylation sites (tertiary alicyclic amines) is 1. The van der Waals surface area contributed by atoms with Gasteiger partial charge in [-0.05, 0) is 46.2 Å². The number of ether oxygens (including phenoxy) is 2. The third kappa shape index (κ3) is 4.93. The van der Waals surface area contributed by atoms with Crippen molar-refractivity contribution in [1.29, 1.82) is 5.26 Å². The summed E-state index contributed by atoms with van der Waals surface area (Å²) in [5.41, 5.74) is 1.24. The Morgan fingerprint density at radius 2 is 2.04 bits per heavy atom. The Balaban J connectivity index is 2.31. The summed E-state index contributed by atoms with van der Waals surface area (Å²) in [6, 6.07) is 3.55. The number of nitrogens with zero attached hydrogens (tertiary/aromatic N) is 3. The Bertz CT molecular complexity index is 812. The molecular formula is C19H25N3O4S. The molecule has 27 heavy (non-hydrogen) atoms. The zero-order chi connectivity index (χ0) is 20.0. The van der Waals surface area contributed by atoms with E-state index in [2.05, 4.69) is 11.0 Å². The predicted molar refractivity (Wildman–Crippen MR) is 102 cm³/mol. The van der Waals surface area contributed by atoms with Crippen LogP contribution in [-0.4, -0.2) is 47.7 Å². The minimum atomic E-state index is -0.474. The monoisotopic (exact) mass is 391 g/mol. The van der Waals surface area contributed by atoms with Gasteiger partial charge in [-0.2, -0.15) is 5.26 Å². The van der Waals surface area contributed by atoms with Crippen LogP contribution >= 0.6 is 12.2 Å². The Kier molecular flexibility index (Phi) is 7.51. The van der Waals surface area contributed by atoms with E-state index in [1.165, 1.54) is 6.07 Å². The van der Waals surface area contributed by atoms with Crippen LogP contribution in [0.3, 0.4) is 0 Å². The number of hydrogen-bond acceptors (Lipinski definition) is 7. The van der Waals surface area contributed by atoms with Gasteiger partial charge in [-0.3, -0.25) is 9.69 Å². The van der Waals surface area contributed by atoms with Crippen LogP contribution in [0.15, 0.2) is 6.07 Å². The SMILES string of the molecule is CCOC(=O)c1cc(C#N)c(=S)n(CN2CCC[C@H](C(=O)OCC)C2)c1C. The fourth-order valence-electron chi connectivity index (χ4n) is 3.26. The first-order valence-corrected chi connectivity index (χ1v) is 9.54. The zero-order valence-electron chi connectivity index (χ0n) is 16.0. The van der Waals surface area contributed by atoms with E-state index < -0.39 is 5.97 Å². The number of carbonyl (C=O) groups is 2. The van der Waals surface area contributed by atoms with E-state index in [9.17, 15) is 14.9 Å². The van der Waals surface area contributed by atoms with Crippen LogP contribution in [0.4, 0.5) is 0 Å². The first-order valence-electron chi connectivity index (χ1n) is 9.13. The van der Waals surface area contributed by atoms with E-state index in [4.69, 9.17) is 21.7 Å². The first kappa shape index (κ1) is 21.1. The van der Waals surface area contributed by atoms with Crippen molar-refractivity contribution in [2.24, 2.45) is 5.92 Å². The molecule has 0 aromatic carbocycles. The molecule has 0 radical (unpaired) electrons. The summed E-state index contributed by atoms with van der Waals surface area (Å²) in [5.74, 6) is -0.823. The van der Waals surface area contributed by atoms with Crippen LogP contribution in [-0.2, 0) is 20.9 Å². The highest BCUT2D eigenvalue weighted by atomic mass is 32.1. The van der Waals surface area contributed by atoms with Gasteiger partial charge < -0.3 is 14.0 Å². The van der Waals surface area contributed by atoms with Crippen LogP contribution in [0.5, 0.6) is 0 Å². The highest BCUT2D eigenvalue weighted by Gasteiger charge is 2.27. The molecule has 146 valence electrons. The van der Waals surface area contributed by atoms with Gasteiger partial charge in [-0.1, -0.05) is 12.2 Å². The molecule has 1 aliphatic rings. The van der Waals surface area contributed by atoms with Crippen LogP contribution in [0.1, 0.15) is 48.3 Å². The molecule has 2 heterocycles. The van der Waals surface area contributed by atoms with Crippen LogP contribution in [0.2, 0.25) is 0 Å². The summed E-state index contributed by atoms with van der Waals surface area (Å²) in [6.07, 6.45) is 1.67. The number of piperidine rings is 1. The van der Waals surface area contributed by atoms with E-state index in [0.29, 0.717) is 35.7 Å². The van der Waals surface area contributed by atoms with Gasteiger partial charge in [0.15, 0.2) is 0 Å². The molecule has 1 saturated heterocycles. The normalized spacial score (nSPS) is 17.2. The maximum atomic E-state index is 12.2. The third-order valence-corrected chi connectivity index (χ3v) is 5.08. The fraction of sp³-hybridized carbons (Fsp3) is 0.579. The average Bonchev–Trinajstić information content (AvgIpc) is 2.66. The molecule has 0 spiro atoms. The number of pyridine rings is 1. The molecule has 1 fully saturated rings. The fourth-order valence-corrected chi connectivity index (χ4v) is 3.56. The molecule has 1 aromatic heterocycles. The van der Waals surface area contributed by atoms with E-state index in [1.54, 1.807) is 25.3 Å². The number of carbonyl (C=O) groups excluding carboxylic acids is 2. The molecule has 7 nitrogen and oxygen atoms in total. The summed E-state index contributed by atoms with van der Waals surface area (Å²) in [5, 5.41) is 9.39. The average molecular weight is 391 g/mol. The van der Waals surface area contributed by atoms with E-state index in [0.717, 1.165) is 19.4 Å². The smallest absolute Gasteiger partial charge is 0.339 e.